The van der Waals surface area contributed by atoms with Crippen LogP contribution in [-0.4, -0.2) is 16.7 Å². The molecule has 1 unspecified atom stereocenters. The highest BCUT2D eigenvalue weighted by Crippen LogP contribution is 2.34. The summed E-state index contributed by atoms with van der Waals surface area (Å²) < 4.78 is 0. The van der Waals surface area contributed by atoms with E-state index in [1.807, 2.05) is 31.2 Å². The third-order valence-electron chi connectivity index (χ3n) is 3.38. The molecule has 0 aliphatic carbocycles. The topological polar surface area (TPSA) is 60.2 Å². The lowest BCUT2D eigenvalue weighted by atomic mass is 9.79. The first-order chi connectivity index (χ1) is 8.39. The lowest BCUT2D eigenvalue weighted by molar-refractivity contribution is -0.565. The maximum absolute atomic E-state index is 11.2. The largest absolute Gasteiger partial charge is 0.303 e. The Balaban J connectivity index is 3.08. The molecule has 1 aromatic carbocycles. The molecular weight excluding hydrogens is 230 g/mol. The lowest BCUT2D eigenvalue weighted by Gasteiger charge is -2.26. The zero-order valence-corrected chi connectivity index (χ0v) is 11.1. The molecule has 1 rings (SSSR count). The minimum atomic E-state index is -1.07. The Morgan fingerprint density at radius 3 is 2.33 bits per heavy atom. The van der Waals surface area contributed by atoms with Crippen LogP contribution in [0.1, 0.15) is 43.7 Å². The van der Waals surface area contributed by atoms with Gasteiger partial charge in [-0.1, -0.05) is 29.8 Å². The second-order valence-electron chi connectivity index (χ2n) is 5.12. The maximum atomic E-state index is 11.2. The van der Waals surface area contributed by atoms with Gasteiger partial charge < -0.3 is 4.79 Å². The summed E-state index contributed by atoms with van der Waals surface area (Å²) in [6.45, 7) is 5.20. The number of hydrogen-bond acceptors (Lipinski definition) is 3. The van der Waals surface area contributed by atoms with Crippen LogP contribution < -0.4 is 0 Å². The van der Waals surface area contributed by atoms with Crippen LogP contribution in [0.4, 0.5) is 0 Å². The summed E-state index contributed by atoms with van der Waals surface area (Å²) in [4.78, 5) is 21.4. The van der Waals surface area contributed by atoms with Crippen LogP contribution in [0.15, 0.2) is 24.3 Å². The maximum Gasteiger partial charge on any atom is 0.223 e. The van der Waals surface area contributed by atoms with Gasteiger partial charge in [0.15, 0.2) is 0 Å². The van der Waals surface area contributed by atoms with E-state index in [1.54, 1.807) is 13.8 Å². The smallest absolute Gasteiger partial charge is 0.223 e. The highest BCUT2D eigenvalue weighted by Gasteiger charge is 2.41. The molecule has 0 amide bonds. The van der Waals surface area contributed by atoms with Gasteiger partial charge in [0.2, 0.25) is 5.54 Å². The predicted octanol–water partition coefficient (Wildman–Crippen LogP) is 3.11. The Morgan fingerprint density at radius 1 is 1.33 bits per heavy atom. The average molecular weight is 249 g/mol. The minimum Gasteiger partial charge on any atom is -0.303 e. The van der Waals surface area contributed by atoms with Crippen LogP contribution in [0.25, 0.3) is 0 Å². The molecule has 0 saturated carbocycles. The van der Waals surface area contributed by atoms with Gasteiger partial charge >= 0.3 is 0 Å². The molecule has 1 atom stereocenters. The Kier molecular flexibility index (Phi) is 4.59. The Labute approximate surface area is 107 Å². The van der Waals surface area contributed by atoms with Crippen molar-refractivity contribution in [2.75, 3.05) is 0 Å². The molecular formula is C14H19NO3. The van der Waals surface area contributed by atoms with Crippen molar-refractivity contribution in [3.8, 4) is 0 Å². The summed E-state index contributed by atoms with van der Waals surface area (Å²) in [6, 6.07) is 7.71. The zero-order valence-electron chi connectivity index (χ0n) is 11.1. The first-order valence-corrected chi connectivity index (χ1v) is 6.04. The number of carbonyl (C=O) groups is 1. The van der Waals surface area contributed by atoms with E-state index >= 15 is 0 Å². The molecule has 0 saturated heterocycles. The lowest BCUT2D eigenvalue weighted by Crippen LogP contribution is -2.38. The van der Waals surface area contributed by atoms with E-state index in [0.717, 1.165) is 17.4 Å². The summed E-state index contributed by atoms with van der Waals surface area (Å²) in [6.07, 6.45) is 1.66. The monoisotopic (exact) mass is 249 g/mol. The normalized spacial score (nSPS) is 13.1. The van der Waals surface area contributed by atoms with Crippen molar-refractivity contribution in [3.63, 3.8) is 0 Å². The number of nitro groups is 1. The van der Waals surface area contributed by atoms with Crippen molar-refractivity contribution in [2.45, 2.75) is 45.1 Å². The molecule has 0 aliphatic rings. The van der Waals surface area contributed by atoms with Gasteiger partial charge in [0.1, 0.15) is 6.29 Å². The van der Waals surface area contributed by atoms with Crippen molar-refractivity contribution >= 4 is 6.29 Å². The first-order valence-electron chi connectivity index (χ1n) is 6.04. The Bertz CT molecular complexity index is 423. The van der Waals surface area contributed by atoms with Crippen LogP contribution in [0, 0.1) is 17.0 Å². The van der Waals surface area contributed by atoms with E-state index in [2.05, 4.69) is 0 Å². The van der Waals surface area contributed by atoms with Gasteiger partial charge in [-0.3, -0.25) is 10.1 Å². The number of nitrogens with zero attached hydrogens (tertiary/aromatic N) is 1. The van der Waals surface area contributed by atoms with E-state index in [1.165, 1.54) is 0 Å². The van der Waals surface area contributed by atoms with Crippen molar-refractivity contribution in [1.82, 2.24) is 0 Å². The van der Waals surface area contributed by atoms with Crippen LogP contribution in [-0.2, 0) is 4.79 Å². The average Bonchev–Trinajstić information content (AvgIpc) is 2.31. The number of hydrogen-bond donors (Lipinski definition) is 0. The van der Waals surface area contributed by atoms with Gasteiger partial charge in [-0.25, -0.2) is 0 Å². The van der Waals surface area contributed by atoms with E-state index < -0.39 is 5.54 Å². The molecule has 0 radical (unpaired) electrons. The van der Waals surface area contributed by atoms with Gasteiger partial charge in [0.05, 0.1) is 5.92 Å². The molecule has 18 heavy (non-hydrogen) atoms. The Hall–Kier alpha value is -1.71. The fourth-order valence-corrected chi connectivity index (χ4v) is 2.09. The highest BCUT2D eigenvalue weighted by molar-refractivity contribution is 5.49. The second kappa shape index (κ2) is 5.76. The molecule has 0 heterocycles. The standard InChI is InChI=1S/C14H19NO3/c1-11-6-8-12(9-7-11)13(5-4-10-16)14(2,3)15(17)18/h6-10,13H,4-5H2,1-3H3. The molecule has 0 spiro atoms. The fraction of sp³-hybridized carbons (Fsp3) is 0.500. The molecule has 98 valence electrons. The van der Waals surface area contributed by atoms with Gasteiger partial charge in [-0.05, 0) is 18.9 Å². The van der Waals surface area contributed by atoms with Crippen molar-refractivity contribution in [1.29, 1.82) is 0 Å². The quantitative estimate of drug-likeness (QED) is 0.442. The molecule has 0 aromatic heterocycles. The number of benzene rings is 1. The number of aldehydes is 1. The van der Waals surface area contributed by atoms with Gasteiger partial charge in [0, 0.05) is 25.2 Å². The predicted molar refractivity (Wildman–Crippen MR) is 70.3 cm³/mol. The molecule has 0 bridgehead atoms. The highest BCUT2D eigenvalue weighted by atomic mass is 16.6. The van der Waals surface area contributed by atoms with Crippen LogP contribution in [0.5, 0.6) is 0 Å². The van der Waals surface area contributed by atoms with Crippen LogP contribution >= 0.6 is 0 Å². The van der Waals surface area contributed by atoms with Crippen LogP contribution in [0.2, 0.25) is 0 Å². The molecule has 4 nitrogen and oxygen atoms in total. The first kappa shape index (κ1) is 14.4. The van der Waals surface area contributed by atoms with E-state index in [-0.39, 0.29) is 10.8 Å². The number of rotatable bonds is 6. The molecule has 4 heteroatoms. The van der Waals surface area contributed by atoms with Gasteiger partial charge in [-0.2, -0.15) is 0 Å². The summed E-state index contributed by atoms with van der Waals surface area (Å²) in [5.41, 5.74) is 0.967. The molecule has 0 aliphatic heterocycles. The molecule has 0 fully saturated rings. The third kappa shape index (κ3) is 3.15. The van der Waals surface area contributed by atoms with Crippen LogP contribution in [0.3, 0.4) is 0 Å². The fourth-order valence-electron chi connectivity index (χ4n) is 2.09. The van der Waals surface area contributed by atoms with Gasteiger partial charge in [-0.15, -0.1) is 0 Å². The number of aryl methyl sites for hydroxylation is 1. The summed E-state index contributed by atoms with van der Waals surface area (Å²) in [5, 5.41) is 11.2. The van der Waals surface area contributed by atoms with Crippen molar-refractivity contribution in [3.05, 3.63) is 45.5 Å². The number of carbonyl (C=O) groups excluding carboxylic acids is 1. The Morgan fingerprint density at radius 2 is 1.89 bits per heavy atom. The zero-order chi connectivity index (χ0) is 13.8. The van der Waals surface area contributed by atoms with Crippen molar-refractivity contribution in [2.24, 2.45) is 0 Å². The second-order valence-corrected chi connectivity index (χ2v) is 5.12. The molecule has 0 N–H and O–H groups in total. The summed E-state index contributed by atoms with van der Waals surface area (Å²) >= 11 is 0. The SMILES string of the molecule is Cc1ccc(C(CCC=O)C(C)(C)[N+](=O)[O-])cc1. The third-order valence-corrected chi connectivity index (χ3v) is 3.38. The van der Waals surface area contributed by atoms with E-state index in [4.69, 9.17) is 0 Å². The molecule has 1 aromatic rings. The van der Waals surface area contributed by atoms with Gasteiger partial charge in [0.25, 0.3) is 0 Å². The van der Waals surface area contributed by atoms with E-state index in [9.17, 15) is 14.9 Å². The minimum absolute atomic E-state index is 0.252. The van der Waals surface area contributed by atoms with Crippen molar-refractivity contribution < 1.29 is 9.72 Å². The van der Waals surface area contributed by atoms with E-state index in [0.29, 0.717) is 12.8 Å². The summed E-state index contributed by atoms with van der Waals surface area (Å²) in [7, 11) is 0. The summed E-state index contributed by atoms with van der Waals surface area (Å²) in [5.74, 6) is -0.252.